The van der Waals surface area contributed by atoms with Gasteiger partial charge in [-0.3, -0.25) is 9.69 Å². The molecule has 0 aliphatic carbocycles. The molecule has 1 amide bonds. The van der Waals surface area contributed by atoms with Gasteiger partial charge in [-0.15, -0.1) is 0 Å². The van der Waals surface area contributed by atoms with E-state index in [2.05, 4.69) is 20.5 Å². The molecule has 0 saturated carbocycles. The molecule has 5 heteroatoms. The zero-order valence-electron chi connectivity index (χ0n) is 12.6. The Balaban J connectivity index is 1.67. The molecule has 0 radical (unpaired) electrons. The van der Waals surface area contributed by atoms with Crippen molar-refractivity contribution in [3.05, 3.63) is 23.9 Å². The number of amides is 1. The highest BCUT2D eigenvalue weighted by Crippen LogP contribution is 2.25. The Morgan fingerprint density at radius 1 is 1.38 bits per heavy atom. The average Bonchev–Trinajstić information content (AvgIpc) is 3.00. The third-order valence-corrected chi connectivity index (χ3v) is 4.63. The zero-order chi connectivity index (χ0) is 14.7. The quantitative estimate of drug-likeness (QED) is 0.886. The van der Waals surface area contributed by atoms with E-state index in [0.717, 1.165) is 50.9 Å². The number of carbonyl (C=O) groups is 1. The van der Waals surface area contributed by atoms with Crippen LogP contribution in [0, 0.1) is 6.92 Å². The number of pyridine rings is 1. The minimum absolute atomic E-state index is 0.00880. The van der Waals surface area contributed by atoms with Crippen molar-refractivity contribution in [1.29, 1.82) is 0 Å². The van der Waals surface area contributed by atoms with Crippen LogP contribution in [0.25, 0.3) is 0 Å². The third kappa shape index (κ3) is 3.24. The molecule has 0 bridgehead atoms. The standard InChI is InChI=1S/C16H24N4O/c1-12-4-2-8-18-15(12)19-16(21)14-5-3-11-20(14)13-6-9-17-10-7-13/h2,4,8,13-14,17H,3,5-7,9-11H2,1H3,(H,18,19,21). The highest BCUT2D eigenvalue weighted by molar-refractivity contribution is 5.94. The predicted molar refractivity (Wildman–Crippen MR) is 83.2 cm³/mol. The van der Waals surface area contributed by atoms with Crippen molar-refractivity contribution in [2.45, 2.75) is 44.7 Å². The van der Waals surface area contributed by atoms with E-state index in [1.54, 1.807) is 6.20 Å². The lowest BCUT2D eigenvalue weighted by Gasteiger charge is -2.35. The van der Waals surface area contributed by atoms with Crippen molar-refractivity contribution in [2.24, 2.45) is 0 Å². The topological polar surface area (TPSA) is 57.3 Å². The van der Waals surface area contributed by atoms with Crippen LogP contribution in [0.4, 0.5) is 5.82 Å². The van der Waals surface area contributed by atoms with Crippen LogP contribution in [-0.4, -0.2) is 47.5 Å². The maximum atomic E-state index is 12.6. The van der Waals surface area contributed by atoms with Gasteiger partial charge < -0.3 is 10.6 Å². The van der Waals surface area contributed by atoms with Gasteiger partial charge in [0.2, 0.25) is 5.91 Å². The molecule has 2 N–H and O–H groups in total. The SMILES string of the molecule is Cc1cccnc1NC(=O)C1CCCN1C1CCNCC1. The van der Waals surface area contributed by atoms with E-state index in [1.165, 1.54) is 0 Å². The van der Waals surface area contributed by atoms with Crippen LogP contribution in [0.15, 0.2) is 18.3 Å². The first-order chi connectivity index (χ1) is 10.3. The smallest absolute Gasteiger partial charge is 0.242 e. The fourth-order valence-corrected chi connectivity index (χ4v) is 3.46. The Hall–Kier alpha value is -1.46. The molecule has 3 heterocycles. The Morgan fingerprint density at radius 3 is 2.95 bits per heavy atom. The number of piperidine rings is 1. The molecular weight excluding hydrogens is 264 g/mol. The molecule has 2 aliphatic rings. The maximum absolute atomic E-state index is 12.6. The van der Waals surface area contributed by atoms with E-state index < -0.39 is 0 Å². The molecule has 2 saturated heterocycles. The van der Waals surface area contributed by atoms with Gasteiger partial charge in [-0.2, -0.15) is 0 Å². The number of hydrogen-bond acceptors (Lipinski definition) is 4. The summed E-state index contributed by atoms with van der Waals surface area (Å²) in [5.41, 5.74) is 1.01. The highest BCUT2D eigenvalue weighted by Gasteiger charge is 2.35. The normalized spacial score (nSPS) is 24.1. The van der Waals surface area contributed by atoms with E-state index in [4.69, 9.17) is 0 Å². The Morgan fingerprint density at radius 2 is 2.19 bits per heavy atom. The van der Waals surface area contributed by atoms with Gasteiger partial charge in [0, 0.05) is 12.2 Å². The van der Waals surface area contributed by atoms with E-state index in [9.17, 15) is 4.79 Å². The van der Waals surface area contributed by atoms with Gasteiger partial charge >= 0.3 is 0 Å². The van der Waals surface area contributed by atoms with E-state index in [-0.39, 0.29) is 11.9 Å². The van der Waals surface area contributed by atoms with Crippen molar-refractivity contribution in [3.8, 4) is 0 Å². The van der Waals surface area contributed by atoms with Gasteiger partial charge in [-0.05, 0) is 63.9 Å². The Labute approximate surface area is 126 Å². The fraction of sp³-hybridized carbons (Fsp3) is 0.625. The summed E-state index contributed by atoms with van der Waals surface area (Å²) >= 11 is 0. The van der Waals surface area contributed by atoms with Crippen LogP contribution in [0.3, 0.4) is 0 Å². The Kier molecular flexibility index (Phi) is 4.51. The molecule has 5 nitrogen and oxygen atoms in total. The lowest BCUT2D eigenvalue weighted by atomic mass is 10.0. The van der Waals surface area contributed by atoms with Crippen LogP contribution >= 0.6 is 0 Å². The van der Waals surface area contributed by atoms with Crippen molar-refractivity contribution in [2.75, 3.05) is 25.0 Å². The number of likely N-dealkylation sites (tertiary alicyclic amines) is 1. The summed E-state index contributed by atoms with van der Waals surface area (Å²) in [6.45, 7) is 5.15. The number of hydrogen-bond donors (Lipinski definition) is 2. The first-order valence-electron chi connectivity index (χ1n) is 7.94. The summed E-state index contributed by atoms with van der Waals surface area (Å²) < 4.78 is 0. The van der Waals surface area contributed by atoms with E-state index >= 15 is 0 Å². The van der Waals surface area contributed by atoms with Crippen molar-refractivity contribution < 1.29 is 4.79 Å². The summed E-state index contributed by atoms with van der Waals surface area (Å²) in [6, 6.07) is 4.42. The molecule has 1 unspecified atom stereocenters. The first kappa shape index (κ1) is 14.5. The van der Waals surface area contributed by atoms with Gasteiger partial charge in [0.1, 0.15) is 5.82 Å². The van der Waals surface area contributed by atoms with Crippen LogP contribution in [0.5, 0.6) is 0 Å². The second kappa shape index (κ2) is 6.54. The summed E-state index contributed by atoms with van der Waals surface area (Å²) in [7, 11) is 0. The van der Waals surface area contributed by atoms with Gasteiger partial charge in [0.15, 0.2) is 0 Å². The molecule has 2 aliphatic heterocycles. The molecule has 21 heavy (non-hydrogen) atoms. The molecule has 114 valence electrons. The number of aromatic nitrogens is 1. The van der Waals surface area contributed by atoms with E-state index in [0.29, 0.717) is 11.9 Å². The van der Waals surface area contributed by atoms with Gasteiger partial charge in [-0.1, -0.05) is 6.07 Å². The third-order valence-electron chi connectivity index (χ3n) is 4.63. The molecular formula is C16H24N4O. The van der Waals surface area contributed by atoms with Crippen LogP contribution in [0.1, 0.15) is 31.2 Å². The van der Waals surface area contributed by atoms with Crippen LogP contribution in [0.2, 0.25) is 0 Å². The molecule has 0 aromatic carbocycles. The highest BCUT2D eigenvalue weighted by atomic mass is 16.2. The molecule has 0 spiro atoms. The minimum atomic E-state index is 0.00880. The summed E-state index contributed by atoms with van der Waals surface area (Å²) in [4.78, 5) is 19.3. The van der Waals surface area contributed by atoms with Gasteiger partial charge in [0.05, 0.1) is 6.04 Å². The zero-order valence-corrected chi connectivity index (χ0v) is 12.6. The number of nitrogens with one attached hydrogen (secondary N) is 2. The molecule has 2 fully saturated rings. The number of rotatable bonds is 3. The molecule has 1 aromatic heterocycles. The molecule has 3 rings (SSSR count). The number of carbonyl (C=O) groups excluding carboxylic acids is 1. The van der Waals surface area contributed by atoms with Crippen molar-refractivity contribution >= 4 is 11.7 Å². The average molecular weight is 288 g/mol. The number of nitrogens with zero attached hydrogens (tertiary/aromatic N) is 2. The van der Waals surface area contributed by atoms with E-state index in [1.807, 2.05) is 19.1 Å². The number of anilines is 1. The largest absolute Gasteiger partial charge is 0.317 e. The monoisotopic (exact) mass is 288 g/mol. The molecule has 1 aromatic rings. The lowest BCUT2D eigenvalue weighted by molar-refractivity contribution is -0.121. The van der Waals surface area contributed by atoms with Gasteiger partial charge in [-0.25, -0.2) is 4.98 Å². The van der Waals surface area contributed by atoms with Gasteiger partial charge in [0.25, 0.3) is 0 Å². The lowest BCUT2D eigenvalue weighted by Crippen LogP contribution is -2.49. The summed E-state index contributed by atoms with van der Waals surface area (Å²) in [6.07, 6.45) is 6.09. The first-order valence-corrected chi connectivity index (χ1v) is 7.94. The second-order valence-corrected chi connectivity index (χ2v) is 6.04. The van der Waals surface area contributed by atoms with Crippen molar-refractivity contribution in [3.63, 3.8) is 0 Å². The maximum Gasteiger partial charge on any atom is 0.242 e. The summed E-state index contributed by atoms with van der Waals surface area (Å²) in [5, 5.41) is 6.41. The fourth-order valence-electron chi connectivity index (χ4n) is 3.46. The van der Waals surface area contributed by atoms with Crippen molar-refractivity contribution in [1.82, 2.24) is 15.2 Å². The molecule has 1 atom stereocenters. The second-order valence-electron chi connectivity index (χ2n) is 6.04. The predicted octanol–water partition coefficient (Wildman–Crippen LogP) is 1.54. The Bertz CT molecular complexity index is 499. The summed E-state index contributed by atoms with van der Waals surface area (Å²) in [5.74, 6) is 0.799. The van der Waals surface area contributed by atoms with Crippen LogP contribution < -0.4 is 10.6 Å². The minimum Gasteiger partial charge on any atom is -0.317 e. The number of aryl methyl sites for hydroxylation is 1. The van der Waals surface area contributed by atoms with Crippen LogP contribution in [-0.2, 0) is 4.79 Å².